The van der Waals surface area contributed by atoms with Crippen LogP contribution in [-0.2, 0) is 10.2 Å². The van der Waals surface area contributed by atoms with Gasteiger partial charge in [0.05, 0.1) is 5.75 Å². The summed E-state index contributed by atoms with van der Waals surface area (Å²) in [6.07, 6.45) is -4.45. The lowest BCUT2D eigenvalue weighted by Crippen LogP contribution is -2.34. The van der Waals surface area contributed by atoms with E-state index >= 15 is 0 Å². The maximum atomic E-state index is 12.3. The summed E-state index contributed by atoms with van der Waals surface area (Å²) in [4.78, 5) is 11.8. The molecule has 5 nitrogen and oxygen atoms in total. The van der Waals surface area contributed by atoms with E-state index in [2.05, 4.69) is 31.0 Å². The third kappa shape index (κ3) is 6.10. The van der Waals surface area contributed by atoms with Gasteiger partial charge in [-0.15, -0.1) is 10.2 Å². The number of carbonyl (C=O) groups excluding carboxylic acids is 1. The molecule has 0 fully saturated rings. The van der Waals surface area contributed by atoms with Gasteiger partial charge in [0.25, 0.3) is 0 Å². The monoisotopic (exact) mass is 448 g/mol. The van der Waals surface area contributed by atoms with Crippen LogP contribution in [0, 0.1) is 0 Å². The fourth-order valence-electron chi connectivity index (χ4n) is 2.86. The fourth-order valence-corrected chi connectivity index (χ4v) is 3.64. The first-order chi connectivity index (χ1) is 14.5. The van der Waals surface area contributed by atoms with Gasteiger partial charge in [0, 0.05) is 11.3 Å². The van der Waals surface area contributed by atoms with E-state index in [1.54, 1.807) is 4.57 Å². The minimum Gasteiger partial charge on any atom is -0.346 e. The van der Waals surface area contributed by atoms with Gasteiger partial charge in [-0.25, -0.2) is 0 Å². The third-order valence-electron chi connectivity index (χ3n) is 4.48. The highest BCUT2D eigenvalue weighted by Crippen LogP contribution is 2.30. The highest BCUT2D eigenvalue weighted by Gasteiger charge is 2.28. The predicted molar refractivity (Wildman–Crippen MR) is 115 cm³/mol. The minimum atomic E-state index is -4.45. The van der Waals surface area contributed by atoms with Crippen LogP contribution < -0.4 is 5.32 Å². The van der Waals surface area contributed by atoms with Crippen molar-refractivity contribution in [3.8, 4) is 17.1 Å². The lowest BCUT2D eigenvalue weighted by atomic mass is 9.87. The number of benzene rings is 2. The number of carbonyl (C=O) groups is 1. The number of alkyl halides is 3. The first kappa shape index (κ1) is 22.9. The normalized spacial score (nSPS) is 12.1. The van der Waals surface area contributed by atoms with E-state index < -0.39 is 18.6 Å². The molecule has 0 atom stereocenters. The summed E-state index contributed by atoms with van der Waals surface area (Å²) in [7, 11) is 0. The van der Waals surface area contributed by atoms with E-state index in [1.165, 1.54) is 5.56 Å². The second-order valence-corrected chi connectivity index (χ2v) is 8.93. The van der Waals surface area contributed by atoms with Gasteiger partial charge in [-0.1, -0.05) is 75.0 Å². The Morgan fingerprint density at radius 2 is 1.65 bits per heavy atom. The molecule has 1 N–H and O–H groups in total. The third-order valence-corrected chi connectivity index (χ3v) is 5.40. The van der Waals surface area contributed by atoms with E-state index in [9.17, 15) is 18.0 Å². The van der Waals surface area contributed by atoms with Crippen LogP contribution in [0.25, 0.3) is 17.1 Å². The number of nitrogens with zero attached hydrogens (tertiary/aromatic N) is 3. The molecule has 1 heterocycles. The SMILES string of the molecule is CC(C)(C)c1ccc(-c2nnc(SCC(=O)NCC(F)(F)F)n2-c2ccccc2)cc1. The quantitative estimate of drug-likeness (QED) is 0.539. The van der Waals surface area contributed by atoms with E-state index in [-0.39, 0.29) is 11.2 Å². The van der Waals surface area contributed by atoms with Crippen molar-refractivity contribution in [2.24, 2.45) is 0 Å². The van der Waals surface area contributed by atoms with Crippen LogP contribution in [0.15, 0.2) is 59.8 Å². The van der Waals surface area contributed by atoms with Gasteiger partial charge in [-0.2, -0.15) is 13.2 Å². The van der Waals surface area contributed by atoms with Gasteiger partial charge < -0.3 is 5.32 Å². The van der Waals surface area contributed by atoms with Crippen molar-refractivity contribution in [2.45, 2.75) is 37.5 Å². The first-order valence-electron chi connectivity index (χ1n) is 9.62. The van der Waals surface area contributed by atoms with Crippen molar-refractivity contribution in [3.05, 3.63) is 60.2 Å². The van der Waals surface area contributed by atoms with Gasteiger partial charge in [-0.3, -0.25) is 9.36 Å². The zero-order valence-electron chi connectivity index (χ0n) is 17.4. The van der Waals surface area contributed by atoms with Crippen LogP contribution in [0.3, 0.4) is 0 Å². The summed E-state index contributed by atoms with van der Waals surface area (Å²) in [6, 6.07) is 17.4. The van der Waals surface area contributed by atoms with E-state index in [0.717, 1.165) is 23.0 Å². The summed E-state index contributed by atoms with van der Waals surface area (Å²) in [6.45, 7) is 5.04. The maximum absolute atomic E-state index is 12.3. The molecule has 1 aromatic heterocycles. The second kappa shape index (κ2) is 9.13. The number of amides is 1. The fraction of sp³-hybridized carbons (Fsp3) is 0.318. The standard InChI is InChI=1S/C22H23F3N4OS/c1-21(2,3)16-11-9-15(10-12-16)19-27-28-20(29(19)17-7-5-4-6-8-17)31-13-18(30)26-14-22(23,24)25/h4-12H,13-14H2,1-3H3,(H,26,30). The van der Waals surface area contributed by atoms with Crippen LogP contribution in [0.1, 0.15) is 26.3 Å². The molecule has 0 saturated carbocycles. The molecule has 0 saturated heterocycles. The minimum absolute atomic E-state index is 0.0103. The van der Waals surface area contributed by atoms with E-state index in [1.807, 2.05) is 59.9 Å². The molecule has 0 bridgehead atoms. The number of rotatable bonds is 6. The molecule has 0 spiro atoms. The van der Waals surface area contributed by atoms with Crippen molar-refractivity contribution >= 4 is 17.7 Å². The van der Waals surface area contributed by atoms with Crippen molar-refractivity contribution in [3.63, 3.8) is 0 Å². The van der Waals surface area contributed by atoms with Crippen molar-refractivity contribution in [1.29, 1.82) is 0 Å². The van der Waals surface area contributed by atoms with Gasteiger partial charge in [-0.05, 0) is 23.1 Å². The number of hydrogen-bond acceptors (Lipinski definition) is 4. The van der Waals surface area contributed by atoms with Gasteiger partial charge >= 0.3 is 6.18 Å². The summed E-state index contributed by atoms with van der Waals surface area (Å²) >= 11 is 1.03. The number of aromatic nitrogens is 3. The molecule has 0 aliphatic rings. The Bertz CT molecular complexity index is 1030. The first-order valence-corrected chi connectivity index (χ1v) is 10.6. The Morgan fingerprint density at radius 3 is 2.23 bits per heavy atom. The maximum Gasteiger partial charge on any atom is 0.405 e. The summed E-state index contributed by atoms with van der Waals surface area (Å²) < 4.78 is 38.7. The molecule has 1 amide bonds. The number of hydrogen-bond donors (Lipinski definition) is 1. The number of nitrogens with one attached hydrogen (secondary N) is 1. The Labute approximate surface area is 183 Å². The summed E-state index contributed by atoms with van der Waals surface area (Å²) in [5.74, 6) is -0.338. The Kier molecular flexibility index (Phi) is 6.74. The Morgan fingerprint density at radius 1 is 1.00 bits per heavy atom. The highest BCUT2D eigenvalue weighted by atomic mass is 32.2. The lowest BCUT2D eigenvalue weighted by molar-refractivity contribution is -0.136. The molecule has 0 aliphatic heterocycles. The van der Waals surface area contributed by atoms with Gasteiger partial charge in [0.2, 0.25) is 5.91 Å². The lowest BCUT2D eigenvalue weighted by Gasteiger charge is -2.19. The van der Waals surface area contributed by atoms with Crippen LogP contribution in [0.5, 0.6) is 0 Å². The smallest absolute Gasteiger partial charge is 0.346 e. The van der Waals surface area contributed by atoms with Crippen molar-refractivity contribution in [2.75, 3.05) is 12.3 Å². The zero-order valence-corrected chi connectivity index (χ0v) is 18.2. The second-order valence-electron chi connectivity index (χ2n) is 7.99. The van der Waals surface area contributed by atoms with Crippen molar-refractivity contribution in [1.82, 2.24) is 20.1 Å². The molecule has 0 aliphatic carbocycles. The molecule has 2 aromatic carbocycles. The molecule has 9 heteroatoms. The van der Waals surface area contributed by atoms with Gasteiger partial charge in [0.15, 0.2) is 11.0 Å². The van der Waals surface area contributed by atoms with E-state index in [4.69, 9.17) is 0 Å². The molecule has 164 valence electrons. The molecular weight excluding hydrogens is 425 g/mol. The molecule has 3 rings (SSSR count). The Hall–Kier alpha value is -2.81. The largest absolute Gasteiger partial charge is 0.405 e. The highest BCUT2D eigenvalue weighted by molar-refractivity contribution is 7.99. The number of para-hydroxylation sites is 1. The molecule has 31 heavy (non-hydrogen) atoms. The molecular formula is C22H23F3N4OS. The topological polar surface area (TPSA) is 59.8 Å². The van der Waals surface area contributed by atoms with Crippen LogP contribution in [-0.4, -0.2) is 39.1 Å². The summed E-state index contributed by atoms with van der Waals surface area (Å²) in [5.41, 5.74) is 2.83. The number of halogens is 3. The van der Waals surface area contributed by atoms with Gasteiger partial charge in [0.1, 0.15) is 6.54 Å². The zero-order chi connectivity index (χ0) is 22.6. The average molecular weight is 449 g/mol. The summed E-state index contributed by atoms with van der Waals surface area (Å²) in [5, 5.41) is 10.8. The molecule has 3 aromatic rings. The van der Waals surface area contributed by atoms with E-state index in [0.29, 0.717) is 11.0 Å². The predicted octanol–water partition coefficient (Wildman–Crippen LogP) is 5.00. The van der Waals surface area contributed by atoms with Crippen LogP contribution in [0.4, 0.5) is 13.2 Å². The van der Waals surface area contributed by atoms with Crippen LogP contribution in [0.2, 0.25) is 0 Å². The van der Waals surface area contributed by atoms with Crippen LogP contribution >= 0.6 is 11.8 Å². The molecule has 0 radical (unpaired) electrons. The Balaban J connectivity index is 1.88. The van der Waals surface area contributed by atoms with Crippen molar-refractivity contribution < 1.29 is 18.0 Å². The molecule has 0 unspecified atom stereocenters. The average Bonchev–Trinajstić information content (AvgIpc) is 3.14. The number of thioether (sulfide) groups is 1.